The topological polar surface area (TPSA) is 114 Å². The Bertz CT molecular complexity index is 632. The van der Waals surface area contributed by atoms with Crippen LogP contribution in [0.2, 0.25) is 0 Å². The van der Waals surface area contributed by atoms with E-state index in [0.29, 0.717) is 24.8 Å². The highest BCUT2D eigenvalue weighted by molar-refractivity contribution is 5.87. The van der Waals surface area contributed by atoms with Crippen LogP contribution in [0.5, 0.6) is 0 Å². The molecule has 0 radical (unpaired) electrons. The summed E-state index contributed by atoms with van der Waals surface area (Å²) in [4.78, 5) is 30.6. The molecule has 0 spiro atoms. The summed E-state index contributed by atoms with van der Waals surface area (Å²) < 4.78 is 5.33. The van der Waals surface area contributed by atoms with Gasteiger partial charge in [-0.1, -0.05) is 19.0 Å². The van der Waals surface area contributed by atoms with Crippen LogP contribution in [0.4, 0.5) is 0 Å². The molecule has 146 valence electrons. The summed E-state index contributed by atoms with van der Waals surface area (Å²) >= 11 is 0. The van der Waals surface area contributed by atoms with Crippen molar-refractivity contribution in [2.45, 2.75) is 57.4 Å². The van der Waals surface area contributed by atoms with Gasteiger partial charge in [0.2, 0.25) is 17.7 Å². The molecule has 1 aliphatic carbocycles. The van der Waals surface area contributed by atoms with E-state index in [0.717, 1.165) is 31.6 Å². The van der Waals surface area contributed by atoms with Gasteiger partial charge in [0.05, 0.1) is 12.6 Å². The van der Waals surface area contributed by atoms with E-state index in [2.05, 4.69) is 15.5 Å². The molecule has 2 aliphatic rings. The molecule has 1 aromatic heterocycles. The van der Waals surface area contributed by atoms with Crippen molar-refractivity contribution in [1.82, 2.24) is 20.4 Å². The summed E-state index contributed by atoms with van der Waals surface area (Å²) in [7, 11) is 0. The molecule has 1 saturated heterocycles. The smallest absolute Gasteiger partial charge is 0.241 e. The first-order chi connectivity index (χ1) is 12.0. The van der Waals surface area contributed by atoms with Gasteiger partial charge in [0.25, 0.3) is 0 Å². The second-order valence-electron chi connectivity index (χ2n) is 7.43. The summed E-state index contributed by atoms with van der Waals surface area (Å²) in [6.45, 7) is 4.99. The van der Waals surface area contributed by atoms with E-state index in [9.17, 15) is 9.59 Å². The van der Waals surface area contributed by atoms with Crippen molar-refractivity contribution in [2.75, 3.05) is 19.6 Å². The molecule has 26 heavy (non-hydrogen) atoms. The maximum atomic E-state index is 12.4. The maximum Gasteiger partial charge on any atom is 0.241 e. The number of carbonyl (C=O) groups is 2. The van der Waals surface area contributed by atoms with Crippen molar-refractivity contribution in [2.24, 2.45) is 11.7 Å². The van der Waals surface area contributed by atoms with Crippen molar-refractivity contribution < 1.29 is 14.1 Å². The van der Waals surface area contributed by atoms with Gasteiger partial charge >= 0.3 is 0 Å². The fourth-order valence-electron chi connectivity index (χ4n) is 3.02. The number of piperidine rings is 1. The van der Waals surface area contributed by atoms with Crippen molar-refractivity contribution in [3.05, 3.63) is 11.7 Å². The van der Waals surface area contributed by atoms with Crippen molar-refractivity contribution in [1.29, 1.82) is 0 Å². The van der Waals surface area contributed by atoms with Crippen LogP contribution >= 0.6 is 12.4 Å². The van der Waals surface area contributed by atoms with Crippen LogP contribution in [-0.2, 0) is 9.59 Å². The van der Waals surface area contributed by atoms with E-state index in [4.69, 9.17) is 10.3 Å². The van der Waals surface area contributed by atoms with E-state index in [-0.39, 0.29) is 42.6 Å². The van der Waals surface area contributed by atoms with Gasteiger partial charge in [-0.15, -0.1) is 12.4 Å². The predicted octanol–water partition coefficient (Wildman–Crippen LogP) is 1.17. The maximum absolute atomic E-state index is 12.4. The van der Waals surface area contributed by atoms with E-state index < -0.39 is 6.04 Å². The lowest BCUT2D eigenvalue weighted by atomic mass is 9.97. The summed E-state index contributed by atoms with van der Waals surface area (Å²) in [5.41, 5.74) is 5.79. The molecule has 3 rings (SSSR count). The highest BCUT2D eigenvalue weighted by atomic mass is 35.5. The molecule has 9 heteroatoms. The van der Waals surface area contributed by atoms with Gasteiger partial charge in [0.15, 0.2) is 5.82 Å². The Morgan fingerprint density at radius 3 is 2.69 bits per heavy atom. The second kappa shape index (κ2) is 8.81. The van der Waals surface area contributed by atoms with Crippen LogP contribution in [0.25, 0.3) is 0 Å². The van der Waals surface area contributed by atoms with Crippen LogP contribution < -0.4 is 11.1 Å². The second-order valence-corrected chi connectivity index (χ2v) is 7.43. The van der Waals surface area contributed by atoms with Gasteiger partial charge in [-0.05, 0) is 31.6 Å². The Morgan fingerprint density at radius 1 is 1.31 bits per heavy atom. The van der Waals surface area contributed by atoms with E-state index >= 15 is 0 Å². The molecule has 8 nitrogen and oxygen atoms in total. The van der Waals surface area contributed by atoms with Crippen LogP contribution in [0.1, 0.15) is 63.1 Å². The quantitative estimate of drug-likeness (QED) is 0.759. The monoisotopic (exact) mass is 385 g/mol. The molecular formula is C17H28ClN5O3. The number of nitrogens with zero attached hydrogens (tertiary/aromatic N) is 3. The summed E-state index contributed by atoms with van der Waals surface area (Å²) in [6, 6.07) is -0.595. The third-order valence-electron chi connectivity index (χ3n) is 4.96. The zero-order valence-corrected chi connectivity index (χ0v) is 16.1. The molecule has 1 aromatic rings. The molecule has 1 aliphatic heterocycles. The standard InChI is InChI=1S/C17H27N5O3.ClH/c1-10(2)14(18)16(24)19-8-13(23)22-7-3-4-12(9-22)15-20-17(25-21-15)11-5-6-11;/h10-12,14H,3-9,18H2,1-2H3,(H,19,24);1H/t12?,14-;/m0./s1. The van der Waals surface area contributed by atoms with Gasteiger partial charge in [-0.3, -0.25) is 9.59 Å². The van der Waals surface area contributed by atoms with E-state index in [1.807, 2.05) is 13.8 Å². The Balaban J connectivity index is 0.00000243. The SMILES string of the molecule is CC(C)[C@H](N)C(=O)NCC(=O)N1CCCC(c2noc(C3CC3)n2)C1.Cl. The Morgan fingerprint density at radius 2 is 2.04 bits per heavy atom. The number of rotatable bonds is 6. The summed E-state index contributed by atoms with van der Waals surface area (Å²) in [5, 5.41) is 6.74. The predicted molar refractivity (Wildman–Crippen MR) is 97.9 cm³/mol. The fourth-order valence-corrected chi connectivity index (χ4v) is 3.02. The van der Waals surface area contributed by atoms with Crippen molar-refractivity contribution in [3.63, 3.8) is 0 Å². The van der Waals surface area contributed by atoms with Crippen molar-refractivity contribution >= 4 is 24.2 Å². The molecule has 2 atom stereocenters. The molecule has 1 saturated carbocycles. The summed E-state index contributed by atoms with van der Waals surface area (Å²) in [5.74, 6) is 1.61. The highest BCUT2D eigenvalue weighted by Crippen LogP contribution is 2.39. The van der Waals surface area contributed by atoms with Crippen LogP contribution in [0.3, 0.4) is 0 Å². The molecule has 2 amide bonds. The first-order valence-corrected chi connectivity index (χ1v) is 9.10. The molecule has 0 bridgehead atoms. The molecular weight excluding hydrogens is 358 g/mol. The van der Waals surface area contributed by atoms with Gasteiger partial charge in [0, 0.05) is 24.9 Å². The van der Waals surface area contributed by atoms with Crippen LogP contribution in [0, 0.1) is 5.92 Å². The van der Waals surface area contributed by atoms with E-state index in [1.165, 1.54) is 0 Å². The van der Waals surface area contributed by atoms with E-state index in [1.54, 1.807) is 4.90 Å². The number of halogens is 1. The first-order valence-electron chi connectivity index (χ1n) is 9.10. The minimum absolute atomic E-state index is 0. The number of hydrogen-bond donors (Lipinski definition) is 2. The Labute approximate surface area is 159 Å². The molecule has 3 N–H and O–H groups in total. The normalized spacial score (nSPS) is 21.2. The lowest BCUT2D eigenvalue weighted by Gasteiger charge is -2.31. The molecule has 2 heterocycles. The van der Waals surface area contributed by atoms with Crippen molar-refractivity contribution in [3.8, 4) is 0 Å². The largest absolute Gasteiger partial charge is 0.346 e. The van der Waals surface area contributed by atoms with Crippen LogP contribution in [-0.4, -0.2) is 52.5 Å². The average Bonchev–Trinajstić information content (AvgIpc) is 3.35. The minimum Gasteiger partial charge on any atom is -0.346 e. The van der Waals surface area contributed by atoms with Gasteiger partial charge in [0.1, 0.15) is 0 Å². The zero-order valence-electron chi connectivity index (χ0n) is 15.3. The number of hydrogen-bond acceptors (Lipinski definition) is 6. The highest BCUT2D eigenvalue weighted by Gasteiger charge is 2.33. The lowest BCUT2D eigenvalue weighted by molar-refractivity contribution is -0.134. The minimum atomic E-state index is -0.595. The summed E-state index contributed by atoms with van der Waals surface area (Å²) in [6.07, 6.45) is 4.07. The lowest BCUT2D eigenvalue weighted by Crippen LogP contribution is -2.49. The molecule has 2 fully saturated rings. The number of likely N-dealkylation sites (tertiary alicyclic amines) is 1. The fraction of sp³-hybridized carbons (Fsp3) is 0.765. The molecule has 1 unspecified atom stereocenters. The van der Waals surface area contributed by atoms with Gasteiger partial charge < -0.3 is 20.5 Å². The van der Waals surface area contributed by atoms with Crippen LogP contribution in [0.15, 0.2) is 4.52 Å². The number of nitrogens with one attached hydrogen (secondary N) is 1. The molecule has 0 aromatic carbocycles. The van der Waals surface area contributed by atoms with Gasteiger partial charge in [-0.25, -0.2) is 0 Å². The average molecular weight is 386 g/mol. The number of amides is 2. The number of aromatic nitrogens is 2. The number of carbonyl (C=O) groups excluding carboxylic acids is 2. The third-order valence-corrected chi connectivity index (χ3v) is 4.96. The third kappa shape index (κ3) is 4.94. The van der Waals surface area contributed by atoms with Gasteiger partial charge in [-0.2, -0.15) is 4.98 Å². The first kappa shape index (κ1) is 20.6. The Kier molecular flexibility index (Phi) is 7.00. The zero-order chi connectivity index (χ0) is 18.0. The Hall–Kier alpha value is -1.67. The number of nitrogens with two attached hydrogens (primary N) is 1.